The Balaban J connectivity index is 2.00. The predicted octanol–water partition coefficient (Wildman–Crippen LogP) is 2.99. The predicted molar refractivity (Wildman–Crippen MR) is 71.1 cm³/mol. The van der Waals surface area contributed by atoms with Crippen LogP contribution in [0.2, 0.25) is 0 Å². The number of hydrogen-bond acceptors (Lipinski definition) is 3. The van der Waals surface area contributed by atoms with Gasteiger partial charge in [0, 0.05) is 30.2 Å². The number of hydrogen-bond donors (Lipinski definition) is 1. The molecule has 0 saturated carbocycles. The van der Waals surface area contributed by atoms with Gasteiger partial charge in [0.25, 0.3) is 0 Å². The molecule has 0 aromatic carbocycles. The van der Waals surface area contributed by atoms with E-state index >= 15 is 0 Å². The topological polar surface area (TPSA) is 29.9 Å². The van der Waals surface area contributed by atoms with E-state index in [2.05, 4.69) is 46.7 Å². The summed E-state index contributed by atoms with van der Waals surface area (Å²) in [7, 11) is 0. The molecule has 16 heavy (non-hydrogen) atoms. The molecule has 1 aliphatic heterocycles. The maximum Gasteiger partial charge on any atom is 0.202 e. The molecule has 0 spiro atoms. The minimum atomic E-state index is 0.406. The van der Waals surface area contributed by atoms with Crippen LogP contribution in [-0.2, 0) is 6.54 Å². The summed E-state index contributed by atoms with van der Waals surface area (Å²) in [6, 6.07) is 0. The SMILES string of the molecule is CCCNc1nccn1CC1(C)CCCS1. The Morgan fingerprint density at radius 2 is 2.50 bits per heavy atom. The molecule has 4 heteroatoms. The number of thioether (sulfide) groups is 1. The Labute approximate surface area is 102 Å². The molecule has 1 N–H and O–H groups in total. The van der Waals surface area contributed by atoms with Crippen LogP contribution in [0.15, 0.2) is 12.4 Å². The minimum Gasteiger partial charge on any atom is -0.356 e. The Kier molecular flexibility index (Phi) is 3.79. The van der Waals surface area contributed by atoms with E-state index < -0.39 is 0 Å². The second kappa shape index (κ2) is 5.13. The lowest BCUT2D eigenvalue weighted by Gasteiger charge is -2.24. The average Bonchev–Trinajstić information content (AvgIpc) is 2.86. The molecular weight excluding hydrogens is 218 g/mol. The summed E-state index contributed by atoms with van der Waals surface area (Å²) < 4.78 is 2.66. The van der Waals surface area contributed by atoms with E-state index in [1.54, 1.807) is 0 Å². The van der Waals surface area contributed by atoms with E-state index in [9.17, 15) is 0 Å². The van der Waals surface area contributed by atoms with Crippen molar-refractivity contribution in [1.82, 2.24) is 9.55 Å². The first-order valence-corrected chi connectivity index (χ1v) is 7.11. The molecule has 1 unspecified atom stereocenters. The van der Waals surface area contributed by atoms with Gasteiger partial charge in [-0.15, -0.1) is 0 Å². The van der Waals surface area contributed by atoms with Crippen LogP contribution in [0, 0.1) is 0 Å². The van der Waals surface area contributed by atoms with E-state index in [-0.39, 0.29) is 0 Å². The highest BCUT2D eigenvalue weighted by Crippen LogP contribution is 2.39. The zero-order valence-corrected chi connectivity index (χ0v) is 11.0. The van der Waals surface area contributed by atoms with Crippen molar-refractivity contribution in [2.45, 2.75) is 44.4 Å². The molecule has 1 aromatic rings. The zero-order chi connectivity index (χ0) is 11.4. The Morgan fingerprint density at radius 3 is 3.19 bits per heavy atom. The van der Waals surface area contributed by atoms with Crippen LogP contribution in [0.5, 0.6) is 0 Å². The number of nitrogens with zero attached hydrogens (tertiary/aromatic N) is 2. The van der Waals surface area contributed by atoms with Crippen molar-refractivity contribution in [3.63, 3.8) is 0 Å². The van der Waals surface area contributed by atoms with Crippen molar-refractivity contribution in [3.05, 3.63) is 12.4 Å². The van der Waals surface area contributed by atoms with Gasteiger partial charge in [0.2, 0.25) is 5.95 Å². The number of aromatic nitrogens is 2. The fraction of sp³-hybridized carbons (Fsp3) is 0.750. The average molecular weight is 239 g/mol. The van der Waals surface area contributed by atoms with Crippen LogP contribution in [-0.4, -0.2) is 26.6 Å². The third-order valence-electron chi connectivity index (χ3n) is 3.05. The number of nitrogens with one attached hydrogen (secondary N) is 1. The summed E-state index contributed by atoms with van der Waals surface area (Å²) in [5, 5.41) is 3.38. The van der Waals surface area contributed by atoms with Crippen molar-refractivity contribution in [2.24, 2.45) is 0 Å². The van der Waals surface area contributed by atoms with E-state index in [0.29, 0.717) is 4.75 Å². The molecular formula is C12H21N3S. The van der Waals surface area contributed by atoms with Gasteiger partial charge in [-0.25, -0.2) is 4.98 Å². The summed E-state index contributed by atoms with van der Waals surface area (Å²) in [4.78, 5) is 4.37. The third-order valence-corrected chi connectivity index (χ3v) is 4.58. The van der Waals surface area contributed by atoms with Crippen molar-refractivity contribution in [1.29, 1.82) is 0 Å². The Hall–Kier alpha value is -0.640. The molecule has 1 aromatic heterocycles. The number of imidazole rings is 1. The van der Waals surface area contributed by atoms with Crippen LogP contribution < -0.4 is 5.32 Å². The molecule has 0 aliphatic carbocycles. The zero-order valence-electron chi connectivity index (χ0n) is 10.2. The summed E-state index contributed by atoms with van der Waals surface area (Å²) in [6.07, 6.45) is 7.79. The van der Waals surface area contributed by atoms with E-state index in [0.717, 1.165) is 25.5 Å². The fourth-order valence-electron chi connectivity index (χ4n) is 2.16. The van der Waals surface area contributed by atoms with Gasteiger partial charge in [0.05, 0.1) is 0 Å². The van der Waals surface area contributed by atoms with Gasteiger partial charge >= 0.3 is 0 Å². The fourth-order valence-corrected chi connectivity index (χ4v) is 3.46. The molecule has 2 heterocycles. The maximum atomic E-state index is 4.37. The quantitative estimate of drug-likeness (QED) is 0.856. The lowest BCUT2D eigenvalue weighted by molar-refractivity contribution is 0.513. The summed E-state index contributed by atoms with van der Waals surface area (Å²) in [6.45, 7) is 6.62. The summed E-state index contributed by atoms with van der Waals surface area (Å²) in [5.41, 5.74) is 0. The van der Waals surface area contributed by atoms with Crippen LogP contribution >= 0.6 is 11.8 Å². The van der Waals surface area contributed by atoms with Gasteiger partial charge in [0.15, 0.2) is 0 Å². The molecule has 1 fully saturated rings. The van der Waals surface area contributed by atoms with Crippen molar-refractivity contribution < 1.29 is 0 Å². The van der Waals surface area contributed by atoms with E-state index in [1.807, 2.05) is 6.20 Å². The highest BCUT2D eigenvalue weighted by Gasteiger charge is 2.30. The smallest absolute Gasteiger partial charge is 0.202 e. The number of rotatable bonds is 5. The van der Waals surface area contributed by atoms with Gasteiger partial charge in [-0.2, -0.15) is 11.8 Å². The van der Waals surface area contributed by atoms with E-state index in [1.165, 1.54) is 18.6 Å². The first-order chi connectivity index (χ1) is 7.73. The molecule has 0 radical (unpaired) electrons. The van der Waals surface area contributed by atoms with Gasteiger partial charge in [-0.3, -0.25) is 0 Å². The lowest BCUT2D eigenvalue weighted by atomic mass is 10.1. The van der Waals surface area contributed by atoms with Gasteiger partial charge in [0.1, 0.15) is 0 Å². The van der Waals surface area contributed by atoms with Crippen molar-refractivity contribution in [3.8, 4) is 0 Å². The molecule has 1 saturated heterocycles. The highest BCUT2D eigenvalue weighted by molar-refractivity contribution is 8.00. The lowest BCUT2D eigenvalue weighted by Crippen LogP contribution is -2.24. The third kappa shape index (κ3) is 2.73. The highest BCUT2D eigenvalue weighted by atomic mass is 32.2. The normalized spacial score (nSPS) is 24.9. The largest absolute Gasteiger partial charge is 0.356 e. The van der Waals surface area contributed by atoms with Gasteiger partial charge < -0.3 is 9.88 Å². The Morgan fingerprint density at radius 1 is 1.62 bits per heavy atom. The minimum absolute atomic E-state index is 0.406. The van der Waals surface area contributed by atoms with Crippen molar-refractivity contribution >= 4 is 17.7 Å². The van der Waals surface area contributed by atoms with Crippen LogP contribution in [0.1, 0.15) is 33.1 Å². The monoisotopic (exact) mass is 239 g/mol. The second-order valence-corrected chi connectivity index (χ2v) is 6.39. The second-order valence-electron chi connectivity index (χ2n) is 4.71. The molecule has 2 rings (SSSR count). The number of anilines is 1. The molecule has 1 atom stereocenters. The van der Waals surface area contributed by atoms with Gasteiger partial charge in [-0.05, 0) is 31.9 Å². The summed E-state index contributed by atoms with van der Waals surface area (Å²) in [5.74, 6) is 2.33. The van der Waals surface area contributed by atoms with Crippen LogP contribution in [0.4, 0.5) is 5.95 Å². The first-order valence-electron chi connectivity index (χ1n) is 6.12. The molecule has 1 aliphatic rings. The molecule has 3 nitrogen and oxygen atoms in total. The van der Waals surface area contributed by atoms with Crippen LogP contribution in [0.25, 0.3) is 0 Å². The molecule has 0 amide bonds. The van der Waals surface area contributed by atoms with Crippen LogP contribution in [0.3, 0.4) is 0 Å². The van der Waals surface area contributed by atoms with Gasteiger partial charge in [-0.1, -0.05) is 6.92 Å². The molecule has 90 valence electrons. The standard InChI is InChI=1S/C12H21N3S/c1-3-6-13-11-14-7-8-15(11)10-12(2)5-4-9-16-12/h7-8H,3-6,9-10H2,1-2H3,(H,13,14). The summed E-state index contributed by atoms with van der Waals surface area (Å²) >= 11 is 2.10. The first kappa shape index (κ1) is 11.8. The maximum absolute atomic E-state index is 4.37. The Bertz CT molecular complexity index is 329. The van der Waals surface area contributed by atoms with Crippen molar-refractivity contribution in [2.75, 3.05) is 17.6 Å². The van der Waals surface area contributed by atoms with E-state index in [4.69, 9.17) is 0 Å². The molecule has 0 bridgehead atoms.